The number of carbonyl (C=O) groups is 2. The molecule has 0 bridgehead atoms. The molecular weight excluding hydrogens is 313 g/mol. The Morgan fingerprint density at radius 1 is 1.00 bits per heavy atom. The molecule has 0 aliphatic carbocycles. The van der Waals surface area contributed by atoms with E-state index in [1.807, 2.05) is 4.90 Å². The molecule has 2 N–H and O–H groups in total. The fourth-order valence-electron chi connectivity index (χ4n) is 3.11. The van der Waals surface area contributed by atoms with Gasteiger partial charge in [-0.1, -0.05) is 0 Å². The topological polar surface area (TPSA) is 69.9 Å². The highest BCUT2D eigenvalue weighted by Gasteiger charge is 2.42. The Bertz CT molecular complexity index is 444. The number of alkyl halides is 3. The lowest BCUT2D eigenvalue weighted by Gasteiger charge is -2.35. The van der Waals surface area contributed by atoms with Gasteiger partial charge >= 0.3 is 12.2 Å². The maximum absolute atomic E-state index is 12.8. The second kappa shape index (κ2) is 7.37. The summed E-state index contributed by atoms with van der Waals surface area (Å²) in [6.07, 6.45) is -3.08. The molecule has 2 aliphatic heterocycles. The smallest absolute Gasteiger partial charge is 0.351 e. The first-order valence-electron chi connectivity index (χ1n) is 7.88. The van der Waals surface area contributed by atoms with Crippen LogP contribution in [0.4, 0.5) is 18.0 Å². The van der Waals surface area contributed by atoms with Crippen LogP contribution in [0.5, 0.6) is 0 Å². The molecule has 23 heavy (non-hydrogen) atoms. The first-order valence-corrected chi connectivity index (χ1v) is 7.88. The molecule has 0 aromatic carbocycles. The number of amides is 3. The van der Waals surface area contributed by atoms with Crippen molar-refractivity contribution in [3.63, 3.8) is 0 Å². The first kappa shape index (κ1) is 17.8. The van der Waals surface area contributed by atoms with Crippen LogP contribution in [0.25, 0.3) is 0 Å². The lowest BCUT2D eigenvalue weighted by molar-refractivity contribution is -0.188. The average Bonchev–Trinajstić information content (AvgIpc) is 2.72. The van der Waals surface area contributed by atoms with Crippen LogP contribution >= 0.6 is 0 Å². The van der Waals surface area contributed by atoms with Crippen LogP contribution in [-0.4, -0.2) is 78.6 Å². The van der Waals surface area contributed by atoms with Crippen LogP contribution in [0.3, 0.4) is 0 Å². The van der Waals surface area contributed by atoms with Crippen LogP contribution in [0.1, 0.15) is 19.3 Å². The van der Waals surface area contributed by atoms with Crippen LogP contribution in [0.2, 0.25) is 0 Å². The number of carbonyl (C=O) groups excluding carboxylic acids is 2. The lowest BCUT2D eigenvalue weighted by atomic mass is 9.97. The van der Waals surface area contributed by atoms with Crippen LogP contribution in [-0.2, 0) is 4.79 Å². The quantitative estimate of drug-likeness (QED) is 0.814. The van der Waals surface area contributed by atoms with Gasteiger partial charge in [0.25, 0.3) is 0 Å². The first-order chi connectivity index (χ1) is 10.8. The number of hydrogen-bond acceptors (Lipinski definition) is 3. The van der Waals surface area contributed by atoms with Gasteiger partial charge in [0.05, 0.1) is 12.5 Å². The van der Waals surface area contributed by atoms with Crippen molar-refractivity contribution < 1.29 is 22.8 Å². The van der Waals surface area contributed by atoms with Crippen molar-refractivity contribution in [1.82, 2.24) is 14.7 Å². The highest BCUT2D eigenvalue weighted by Crippen LogP contribution is 2.33. The summed E-state index contributed by atoms with van der Waals surface area (Å²) < 4.78 is 38.4. The molecule has 6 nitrogen and oxygen atoms in total. The Hall–Kier alpha value is -1.51. The van der Waals surface area contributed by atoms with Gasteiger partial charge in [-0.25, -0.2) is 4.79 Å². The molecule has 2 saturated heterocycles. The number of nitrogens with zero attached hydrogens (tertiary/aromatic N) is 3. The molecule has 2 rings (SSSR count). The third-order valence-electron chi connectivity index (χ3n) is 4.50. The molecule has 9 heteroatoms. The number of nitrogens with two attached hydrogens (primary N) is 1. The normalized spacial score (nSPS) is 24.4. The van der Waals surface area contributed by atoms with E-state index in [0.29, 0.717) is 45.6 Å². The summed E-state index contributed by atoms with van der Waals surface area (Å²) in [6.45, 7) is 2.35. The van der Waals surface area contributed by atoms with Crippen LogP contribution < -0.4 is 5.73 Å². The number of primary amides is 1. The van der Waals surface area contributed by atoms with E-state index in [1.54, 1.807) is 0 Å². The van der Waals surface area contributed by atoms with Gasteiger partial charge in [0.2, 0.25) is 5.91 Å². The van der Waals surface area contributed by atoms with Gasteiger partial charge in [-0.05, 0) is 19.3 Å². The van der Waals surface area contributed by atoms with Crippen molar-refractivity contribution in [1.29, 1.82) is 0 Å². The number of rotatable bonds is 2. The minimum atomic E-state index is -4.25. The third kappa shape index (κ3) is 4.98. The molecule has 0 radical (unpaired) electrons. The average molecular weight is 336 g/mol. The molecule has 0 unspecified atom stereocenters. The molecule has 2 aliphatic rings. The SMILES string of the molecule is NC(=O)N1CCCN(CC(=O)N2CCC[C@H](C(F)(F)F)C2)CC1. The fraction of sp³-hybridized carbons (Fsp3) is 0.857. The molecular formula is C14H23F3N4O2. The number of hydrogen-bond donors (Lipinski definition) is 1. The second-order valence-electron chi connectivity index (χ2n) is 6.18. The predicted octanol–water partition coefficient (Wildman–Crippen LogP) is 0.874. The number of halogens is 3. The highest BCUT2D eigenvalue weighted by molar-refractivity contribution is 5.78. The van der Waals surface area contributed by atoms with Crippen molar-refractivity contribution in [3.8, 4) is 0 Å². The van der Waals surface area contributed by atoms with Gasteiger partial charge in [0.15, 0.2) is 0 Å². The van der Waals surface area contributed by atoms with Crippen molar-refractivity contribution in [2.45, 2.75) is 25.4 Å². The molecule has 0 aromatic heterocycles. The zero-order chi connectivity index (χ0) is 17.0. The number of piperidine rings is 1. The monoisotopic (exact) mass is 336 g/mol. The van der Waals surface area contributed by atoms with E-state index in [2.05, 4.69) is 0 Å². The van der Waals surface area contributed by atoms with Gasteiger partial charge in [0.1, 0.15) is 0 Å². The van der Waals surface area contributed by atoms with E-state index in [9.17, 15) is 22.8 Å². The largest absolute Gasteiger partial charge is 0.393 e. The summed E-state index contributed by atoms with van der Waals surface area (Å²) in [4.78, 5) is 28.2. The zero-order valence-electron chi connectivity index (χ0n) is 13.0. The van der Waals surface area contributed by atoms with E-state index in [0.717, 1.165) is 0 Å². The Labute approximate surface area is 133 Å². The molecule has 0 spiro atoms. The highest BCUT2D eigenvalue weighted by atomic mass is 19.4. The summed E-state index contributed by atoms with van der Waals surface area (Å²) in [6, 6.07) is -0.484. The third-order valence-corrected chi connectivity index (χ3v) is 4.50. The summed E-state index contributed by atoms with van der Waals surface area (Å²) in [5.74, 6) is -1.69. The summed E-state index contributed by atoms with van der Waals surface area (Å²) in [5, 5.41) is 0. The van der Waals surface area contributed by atoms with E-state index >= 15 is 0 Å². The Balaban J connectivity index is 1.85. The lowest BCUT2D eigenvalue weighted by Crippen LogP contribution is -2.48. The maximum Gasteiger partial charge on any atom is 0.393 e. The Kier molecular flexibility index (Phi) is 5.72. The van der Waals surface area contributed by atoms with E-state index in [4.69, 9.17) is 5.73 Å². The van der Waals surface area contributed by atoms with Crippen LogP contribution in [0.15, 0.2) is 0 Å². The molecule has 2 fully saturated rings. The van der Waals surface area contributed by atoms with Crippen molar-refractivity contribution in [2.24, 2.45) is 11.7 Å². The van der Waals surface area contributed by atoms with Crippen LogP contribution in [0, 0.1) is 5.92 Å². The van der Waals surface area contributed by atoms with Crippen molar-refractivity contribution in [3.05, 3.63) is 0 Å². The van der Waals surface area contributed by atoms with Gasteiger partial charge in [-0.2, -0.15) is 13.2 Å². The fourth-order valence-corrected chi connectivity index (χ4v) is 3.11. The molecule has 0 saturated carbocycles. The minimum Gasteiger partial charge on any atom is -0.351 e. The maximum atomic E-state index is 12.8. The Morgan fingerprint density at radius 2 is 1.70 bits per heavy atom. The van der Waals surface area contributed by atoms with E-state index in [1.165, 1.54) is 9.80 Å². The predicted molar refractivity (Wildman–Crippen MR) is 77.6 cm³/mol. The van der Waals surface area contributed by atoms with Crippen molar-refractivity contribution in [2.75, 3.05) is 45.8 Å². The number of likely N-dealkylation sites (tertiary alicyclic amines) is 1. The Morgan fingerprint density at radius 3 is 2.35 bits per heavy atom. The van der Waals surface area contributed by atoms with Crippen molar-refractivity contribution >= 4 is 11.9 Å². The van der Waals surface area contributed by atoms with Gasteiger partial charge < -0.3 is 15.5 Å². The standard InChI is InChI=1S/C14H23F3N4O2/c15-14(16,17)11-3-1-5-21(9-11)12(22)10-19-4-2-6-20(8-7-19)13(18)23/h11H,1-10H2,(H2,18,23)/t11-/m0/s1. The summed E-state index contributed by atoms with van der Waals surface area (Å²) in [5.41, 5.74) is 5.24. The minimum absolute atomic E-state index is 0.0879. The molecule has 1 atom stereocenters. The van der Waals surface area contributed by atoms with E-state index in [-0.39, 0.29) is 25.4 Å². The van der Waals surface area contributed by atoms with Gasteiger partial charge in [-0.3, -0.25) is 9.69 Å². The molecule has 2 heterocycles. The molecule has 0 aromatic rings. The molecule has 3 amide bonds. The summed E-state index contributed by atoms with van der Waals surface area (Å²) >= 11 is 0. The molecule has 132 valence electrons. The van der Waals surface area contributed by atoms with E-state index < -0.39 is 18.1 Å². The van der Waals surface area contributed by atoms with Gasteiger partial charge in [-0.15, -0.1) is 0 Å². The summed E-state index contributed by atoms with van der Waals surface area (Å²) in [7, 11) is 0. The zero-order valence-corrected chi connectivity index (χ0v) is 13.0. The number of urea groups is 1. The second-order valence-corrected chi connectivity index (χ2v) is 6.18. The van der Waals surface area contributed by atoms with Gasteiger partial charge in [0, 0.05) is 39.3 Å².